The van der Waals surface area contributed by atoms with Crippen molar-refractivity contribution in [3.63, 3.8) is 0 Å². The Hall–Kier alpha value is -1.25. The number of hydrogen-bond acceptors (Lipinski definition) is 7. The molecule has 3 aromatic rings. The average Bonchev–Trinajstić information content (AvgIpc) is 3.03. The van der Waals surface area contributed by atoms with Gasteiger partial charge in [0.05, 0.1) is 12.5 Å². The van der Waals surface area contributed by atoms with Gasteiger partial charge in [-0.15, -0.1) is 10.2 Å². The van der Waals surface area contributed by atoms with E-state index in [9.17, 15) is 0 Å². The molecule has 0 aliphatic carbocycles. The van der Waals surface area contributed by atoms with E-state index in [4.69, 9.17) is 4.74 Å². The second kappa shape index (κ2) is 5.40. The number of methoxy groups -OCH3 is 1. The van der Waals surface area contributed by atoms with Gasteiger partial charge in [-0.2, -0.15) is 4.98 Å². The van der Waals surface area contributed by atoms with Crippen LogP contribution < -0.4 is 4.74 Å². The summed E-state index contributed by atoms with van der Waals surface area (Å²) in [6, 6.07) is 3.83. The van der Waals surface area contributed by atoms with Gasteiger partial charge in [0, 0.05) is 6.07 Å². The second-order valence-corrected chi connectivity index (χ2v) is 8.02. The summed E-state index contributed by atoms with van der Waals surface area (Å²) in [5, 5.41) is 12.5. The van der Waals surface area contributed by atoms with Gasteiger partial charge in [0.1, 0.15) is 5.01 Å². The van der Waals surface area contributed by atoms with Gasteiger partial charge < -0.3 is 4.74 Å². The molecule has 3 aromatic heterocycles. The average molecular weight is 311 g/mol. The quantitative estimate of drug-likeness (QED) is 0.544. The maximum atomic E-state index is 5.10. The van der Waals surface area contributed by atoms with Gasteiger partial charge in [-0.05, 0) is 16.9 Å². The van der Waals surface area contributed by atoms with Crippen molar-refractivity contribution < 1.29 is 4.74 Å². The lowest BCUT2D eigenvalue weighted by Crippen LogP contribution is -1.86. The van der Waals surface area contributed by atoms with Crippen molar-refractivity contribution in [3.8, 4) is 5.88 Å². The fraction of sp³-hybridized carbons (Fsp3) is 0.273. The number of pyridine rings is 1. The van der Waals surface area contributed by atoms with Crippen LogP contribution in [0.15, 0.2) is 21.9 Å². The van der Waals surface area contributed by atoms with Crippen molar-refractivity contribution in [1.82, 2.24) is 19.6 Å². The predicted octanol–water partition coefficient (Wildman–Crippen LogP) is 3.36. The zero-order valence-corrected chi connectivity index (χ0v) is 12.8. The van der Waals surface area contributed by atoms with Crippen LogP contribution in [0.2, 0.25) is 0 Å². The zero-order valence-electron chi connectivity index (χ0n) is 10.4. The van der Waals surface area contributed by atoms with E-state index in [1.165, 1.54) is 0 Å². The fourth-order valence-electron chi connectivity index (χ4n) is 1.47. The first-order valence-corrected chi connectivity index (χ1v) is 9.03. The molecule has 1 atom stereocenters. The van der Waals surface area contributed by atoms with E-state index in [0.717, 1.165) is 26.8 Å². The molecule has 1 unspecified atom stereocenters. The summed E-state index contributed by atoms with van der Waals surface area (Å²) < 4.78 is 10.6. The molecule has 0 amide bonds. The number of fused-ring (bicyclic) bond motifs is 1. The topological polar surface area (TPSA) is 60.8 Å². The number of ether oxygens (including phenoxy) is 1. The highest BCUT2D eigenvalue weighted by Crippen LogP contribution is 2.40. The van der Waals surface area contributed by atoms with Crippen LogP contribution in [0.4, 0.5) is 0 Å². The highest BCUT2D eigenvalue weighted by molar-refractivity contribution is 8.45. The second-order valence-electron chi connectivity index (χ2n) is 3.65. The van der Waals surface area contributed by atoms with Crippen molar-refractivity contribution >= 4 is 42.9 Å². The molecule has 0 aromatic carbocycles. The van der Waals surface area contributed by atoms with E-state index >= 15 is 0 Å². The van der Waals surface area contributed by atoms with E-state index in [1.54, 1.807) is 29.2 Å². The van der Waals surface area contributed by atoms with E-state index in [1.807, 2.05) is 12.1 Å². The number of rotatable bonds is 4. The van der Waals surface area contributed by atoms with Crippen LogP contribution in [0.25, 0.3) is 11.0 Å². The first kappa shape index (κ1) is 12.8. The molecule has 0 fully saturated rings. The maximum absolute atomic E-state index is 5.10. The van der Waals surface area contributed by atoms with Crippen LogP contribution in [-0.4, -0.2) is 26.7 Å². The van der Waals surface area contributed by atoms with Crippen molar-refractivity contribution in [1.29, 1.82) is 0 Å². The van der Waals surface area contributed by atoms with Crippen LogP contribution in [0, 0.1) is 0 Å². The smallest absolute Gasteiger partial charge is 0.233 e. The van der Waals surface area contributed by atoms with Gasteiger partial charge >= 0.3 is 0 Å². The summed E-state index contributed by atoms with van der Waals surface area (Å²) >= 11 is 1.63. The largest absolute Gasteiger partial charge is 0.481 e. The molecule has 0 saturated carbocycles. The Balaban J connectivity index is 1.88. The van der Waals surface area contributed by atoms with E-state index in [0.29, 0.717) is 5.88 Å². The molecule has 98 valence electrons. The number of hydrogen-bond donors (Lipinski definition) is 0. The lowest BCUT2D eigenvalue weighted by atomic mass is 10.4. The SMILES string of the molecule is CCc1nnc(S[s+]2cc3ccc(OC)nc3n2)s1. The van der Waals surface area contributed by atoms with Crippen LogP contribution in [0.3, 0.4) is 0 Å². The highest BCUT2D eigenvalue weighted by atomic mass is 33.1. The summed E-state index contributed by atoms with van der Waals surface area (Å²) in [4.78, 5) is 4.33. The Morgan fingerprint density at radius 1 is 1.37 bits per heavy atom. The van der Waals surface area contributed by atoms with E-state index < -0.39 is 0 Å². The van der Waals surface area contributed by atoms with Crippen LogP contribution in [0.1, 0.15) is 11.9 Å². The van der Waals surface area contributed by atoms with Crippen molar-refractivity contribution in [3.05, 3.63) is 22.5 Å². The van der Waals surface area contributed by atoms with Crippen molar-refractivity contribution in [2.45, 2.75) is 17.7 Å². The lowest BCUT2D eigenvalue weighted by Gasteiger charge is -1.93. The van der Waals surface area contributed by atoms with E-state index in [-0.39, 0.29) is 9.70 Å². The first-order valence-electron chi connectivity index (χ1n) is 5.64. The molecular formula is C11H11N4OS3+. The molecular weight excluding hydrogens is 300 g/mol. The Kier molecular flexibility index (Phi) is 3.63. The number of aryl methyl sites for hydroxylation is 1. The molecule has 19 heavy (non-hydrogen) atoms. The van der Waals surface area contributed by atoms with Gasteiger partial charge in [0.25, 0.3) is 0 Å². The molecule has 5 nitrogen and oxygen atoms in total. The van der Waals surface area contributed by atoms with Crippen LogP contribution in [0.5, 0.6) is 5.88 Å². The van der Waals surface area contributed by atoms with Gasteiger partial charge in [0.2, 0.25) is 26.7 Å². The first-order chi connectivity index (χ1) is 9.28. The standard InChI is InChI=1S/C11H11N4OS3/c1-3-9-13-14-11(17-9)18-19-6-7-4-5-8(16-2)12-10(7)15-19/h4-6H,3H2,1-2H3/q+1. The van der Waals surface area contributed by atoms with Gasteiger partial charge in [-0.25, -0.2) is 0 Å². The molecule has 0 N–H and O–H groups in total. The summed E-state index contributed by atoms with van der Waals surface area (Å²) in [6.45, 7) is 2.08. The molecule has 3 rings (SSSR count). The summed E-state index contributed by atoms with van der Waals surface area (Å²) in [5.41, 5.74) is 0.746. The summed E-state index contributed by atoms with van der Waals surface area (Å²) in [6.07, 6.45) is 0.922. The Bertz CT molecular complexity index is 709. The summed E-state index contributed by atoms with van der Waals surface area (Å²) in [7, 11) is 2.97. The minimum Gasteiger partial charge on any atom is -0.481 e. The van der Waals surface area contributed by atoms with E-state index in [2.05, 4.69) is 31.9 Å². The Labute approximate surface area is 120 Å². The Morgan fingerprint density at radius 3 is 3.00 bits per heavy atom. The summed E-state index contributed by atoms with van der Waals surface area (Å²) in [5.74, 6) is 0.593. The van der Waals surface area contributed by atoms with Gasteiger partial charge in [0.15, 0.2) is 15.1 Å². The monoisotopic (exact) mass is 311 g/mol. The third kappa shape index (κ3) is 2.70. The molecule has 0 aliphatic heterocycles. The third-order valence-electron chi connectivity index (χ3n) is 2.40. The lowest BCUT2D eigenvalue weighted by molar-refractivity contribution is 0.399. The molecule has 0 bridgehead atoms. The molecule has 0 spiro atoms. The van der Waals surface area contributed by atoms with Gasteiger partial charge in [-0.3, -0.25) is 0 Å². The fourth-order valence-corrected chi connectivity index (χ4v) is 5.73. The van der Waals surface area contributed by atoms with Crippen LogP contribution in [-0.2, 0) is 6.42 Å². The number of nitrogens with zero attached hydrogens (tertiary/aromatic N) is 4. The highest BCUT2D eigenvalue weighted by Gasteiger charge is 2.19. The predicted molar refractivity (Wildman–Crippen MR) is 79.1 cm³/mol. The molecule has 8 heteroatoms. The third-order valence-corrected chi connectivity index (χ3v) is 6.78. The van der Waals surface area contributed by atoms with Gasteiger partial charge in [-0.1, -0.05) is 18.3 Å². The molecule has 0 radical (unpaired) electrons. The molecule has 0 saturated heterocycles. The van der Waals surface area contributed by atoms with Crippen LogP contribution >= 0.6 is 31.8 Å². The minimum atomic E-state index is -0.267. The Morgan fingerprint density at radius 2 is 2.26 bits per heavy atom. The normalized spacial score (nSPS) is 12.0. The van der Waals surface area contributed by atoms with Crippen molar-refractivity contribution in [2.75, 3.05) is 7.11 Å². The zero-order chi connectivity index (χ0) is 13.2. The van der Waals surface area contributed by atoms with Crippen molar-refractivity contribution in [2.24, 2.45) is 0 Å². The molecule has 3 heterocycles. The minimum absolute atomic E-state index is 0.267. The maximum Gasteiger partial charge on any atom is 0.233 e. The molecule has 0 aliphatic rings. The number of aromatic nitrogens is 4.